The van der Waals surface area contributed by atoms with Gasteiger partial charge in [-0.1, -0.05) is 12.1 Å². The smallest absolute Gasteiger partial charge is 0.240 e. The number of hydrogen-bond acceptors (Lipinski definition) is 6. The number of pyridine rings is 1. The van der Waals surface area contributed by atoms with Crippen LogP contribution in [0.25, 0.3) is 0 Å². The maximum Gasteiger partial charge on any atom is 0.240 e. The van der Waals surface area contributed by atoms with Gasteiger partial charge in [0, 0.05) is 18.7 Å². The third kappa shape index (κ3) is 3.31. The molecule has 0 unspecified atom stereocenters. The number of halogens is 1. The zero-order valence-corrected chi connectivity index (χ0v) is 14.5. The summed E-state index contributed by atoms with van der Waals surface area (Å²) in [6, 6.07) is 12.7. The Morgan fingerprint density at radius 2 is 1.63 bits per heavy atom. The fourth-order valence-corrected chi connectivity index (χ4v) is 3.30. The molecule has 2 aromatic rings. The number of nitrogens with zero attached hydrogens (tertiary/aromatic N) is 5. The van der Waals surface area contributed by atoms with Gasteiger partial charge in [0.2, 0.25) is 11.6 Å². The Hall–Kier alpha value is -3.83. The van der Waals surface area contributed by atoms with Crippen LogP contribution in [0.5, 0.6) is 0 Å². The first kappa shape index (κ1) is 18.0. The number of nitrogens with two attached hydrogens (primary N) is 1. The minimum atomic E-state index is -0.269. The first-order valence-corrected chi connectivity index (χ1v) is 8.40. The molecule has 1 aliphatic heterocycles. The van der Waals surface area contributed by atoms with E-state index < -0.39 is 0 Å². The Labute approximate surface area is 156 Å². The van der Waals surface area contributed by atoms with Crippen LogP contribution in [0, 0.1) is 39.8 Å². The van der Waals surface area contributed by atoms with Gasteiger partial charge in [-0.05, 0) is 12.1 Å². The molecular formula is C19H17FN7+. The van der Waals surface area contributed by atoms with Crippen LogP contribution in [0.1, 0.15) is 16.7 Å². The summed E-state index contributed by atoms with van der Waals surface area (Å²) in [5, 5.41) is 28.0. The standard InChI is InChI=1S/C19H16FN7/c20-16-3-1-2-4-17(16)26-7-9-27(10-8-26)19-15(12-23)13(5-6-21)14(11-22)18(24)25-19/h1-4H,5,7-10H2,(H2,24,25)/p+1. The number of aromatic amines is 1. The van der Waals surface area contributed by atoms with Crippen LogP contribution >= 0.6 is 0 Å². The molecular weight excluding hydrogens is 345 g/mol. The Kier molecular flexibility index (Phi) is 5.06. The van der Waals surface area contributed by atoms with Crippen LogP contribution in [-0.2, 0) is 6.42 Å². The van der Waals surface area contributed by atoms with Crippen molar-refractivity contribution in [1.82, 2.24) is 0 Å². The second kappa shape index (κ2) is 7.59. The average Bonchev–Trinajstić information content (AvgIpc) is 2.69. The first-order valence-electron chi connectivity index (χ1n) is 8.40. The quantitative estimate of drug-likeness (QED) is 0.881. The van der Waals surface area contributed by atoms with Crippen molar-refractivity contribution in [3.05, 3.63) is 46.8 Å². The molecule has 1 aromatic carbocycles. The second-order valence-corrected chi connectivity index (χ2v) is 6.10. The van der Waals surface area contributed by atoms with E-state index in [-0.39, 0.29) is 29.2 Å². The lowest BCUT2D eigenvalue weighted by Crippen LogP contribution is -2.49. The molecule has 3 N–H and O–H groups in total. The molecule has 0 aliphatic carbocycles. The number of benzene rings is 1. The van der Waals surface area contributed by atoms with Crippen LogP contribution in [0.2, 0.25) is 0 Å². The summed E-state index contributed by atoms with van der Waals surface area (Å²) < 4.78 is 14.0. The van der Waals surface area contributed by atoms with E-state index in [1.807, 2.05) is 21.9 Å². The van der Waals surface area contributed by atoms with Crippen molar-refractivity contribution in [1.29, 1.82) is 15.8 Å². The minimum absolute atomic E-state index is 0.0765. The monoisotopic (exact) mass is 362 g/mol. The van der Waals surface area contributed by atoms with Crippen LogP contribution < -0.4 is 20.5 Å². The summed E-state index contributed by atoms with van der Waals surface area (Å²) in [7, 11) is 0. The summed E-state index contributed by atoms with van der Waals surface area (Å²) in [6.45, 7) is 2.20. The summed E-state index contributed by atoms with van der Waals surface area (Å²) in [5.41, 5.74) is 7.21. The van der Waals surface area contributed by atoms with Crippen LogP contribution in [-0.4, -0.2) is 26.2 Å². The first-order chi connectivity index (χ1) is 13.1. The zero-order chi connectivity index (χ0) is 19.4. The van der Waals surface area contributed by atoms with E-state index in [1.54, 1.807) is 18.2 Å². The van der Waals surface area contributed by atoms with Crippen LogP contribution in [0.3, 0.4) is 0 Å². The van der Waals surface area contributed by atoms with Gasteiger partial charge in [0.15, 0.2) is 0 Å². The van der Waals surface area contributed by atoms with Gasteiger partial charge >= 0.3 is 0 Å². The number of nitrogens with one attached hydrogen (secondary N) is 1. The summed E-state index contributed by atoms with van der Waals surface area (Å²) >= 11 is 0. The lowest BCUT2D eigenvalue weighted by molar-refractivity contribution is -0.347. The van der Waals surface area contributed by atoms with Gasteiger partial charge in [-0.25, -0.2) is 9.37 Å². The van der Waals surface area contributed by atoms with E-state index in [9.17, 15) is 14.9 Å². The van der Waals surface area contributed by atoms with Crippen molar-refractivity contribution >= 4 is 17.3 Å². The predicted octanol–water partition coefficient (Wildman–Crippen LogP) is 1.36. The normalized spacial score (nSPS) is 13.6. The number of aromatic nitrogens is 1. The van der Waals surface area contributed by atoms with E-state index in [0.717, 1.165) is 0 Å². The average molecular weight is 362 g/mol. The van der Waals surface area contributed by atoms with Gasteiger partial charge in [0.05, 0.1) is 31.3 Å². The number of para-hydroxylation sites is 1. The molecule has 3 rings (SSSR count). The second-order valence-electron chi connectivity index (χ2n) is 6.10. The number of nitrogen functional groups attached to an aromatic ring is 1. The lowest BCUT2D eigenvalue weighted by atomic mass is 10.0. The fourth-order valence-electron chi connectivity index (χ4n) is 3.30. The Morgan fingerprint density at radius 3 is 2.22 bits per heavy atom. The van der Waals surface area contributed by atoms with E-state index in [2.05, 4.69) is 11.1 Å². The number of piperazine rings is 1. The van der Waals surface area contributed by atoms with Crippen LogP contribution in [0.15, 0.2) is 24.3 Å². The molecule has 2 heterocycles. The van der Waals surface area contributed by atoms with Crippen molar-refractivity contribution in [2.75, 3.05) is 41.7 Å². The minimum Gasteiger partial charge on any atom is -0.363 e. The Balaban J connectivity index is 1.91. The Morgan fingerprint density at radius 1 is 1.00 bits per heavy atom. The molecule has 1 fully saturated rings. The molecule has 0 atom stereocenters. The third-order valence-electron chi connectivity index (χ3n) is 4.63. The van der Waals surface area contributed by atoms with E-state index >= 15 is 0 Å². The van der Waals surface area contributed by atoms with Gasteiger partial charge < -0.3 is 10.6 Å². The highest BCUT2D eigenvalue weighted by Crippen LogP contribution is 2.27. The topological polar surface area (TPSA) is 118 Å². The molecule has 1 aliphatic rings. The number of rotatable bonds is 3. The van der Waals surface area contributed by atoms with Crippen molar-refractivity contribution in [3.63, 3.8) is 0 Å². The highest BCUT2D eigenvalue weighted by Gasteiger charge is 2.29. The molecule has 0 bridgehead atoms. The van der Waals surface area contributed by atoms with Gasteiger partial charge in [0.25, 0.3) is 0 Å². The number of anilines is 3. The van der Waals surface area contributed by atoms with E-state index in [4.69, 9.17) is 11.0 Å². The number of H-pyrrole nitrogens is 1. The predicted molar refractivity (Wildman–Crippen MR) is 97.0 cm³/mol. The van der Waals surface area contributed by atoms with Crippen molar-refractivity contribution in [3.8, 4) is 18.2 Å². The Bertz CT molecular complexity index is 989. The molecule has 0 spiro atoms. The molecule has 1 aromatic heterocycles. The van der Waals surface area contributed by atoms with Crippen molar-refractivity contribution in [2.45, 2.75) is 6.42 Å². The SMILES string of the molecule is N#CCc1c(C#N)c(N)[nH+]c(N2CCN(c3ccccc3F)CC2)c1C#N. The van der Waals surface area contributed by atoms with Gasteiger partial charge in [-0.3, -0.25) is 4.90 Å². The highest BCUT2D eigenvalue weighted by atomic mass is 19.1. The third-order valence-corrected chi connectivity index (χ3v) is 4.63. The number of nitriles is 3. The molecule has 1 saturated heterocycles. The van der Waals surface area contributed by atoms with E-state index in [1.165, 1.54) is 6.07 Å². The summed E-state index contributed by atoms with van der Waals surface area (Å²) in [4.78, 5) is 6.82. The maximum atomic E-state index is 14.0. The lowest BCUT2D eigenvalue weighted by Gasteiger charge is -2.34. The molecule has 0 radical (unpaired) electrons. The van der Waals surface area contributed by atoms with Crippen LogP contribution in [0.4, 0.5) is 21.7 Å². The molecule has 7 nitrogen and oxygen atoms in total. The maximum absolute atomic E-state index is 14.0. The van der Waals surface area contributed by atoms with E-state index in [0.29, 0.717) is 43.2 Å². The van der Waals surface area contributed by atoms with Gasteiger partial charge in [-0.15, -0.1) is 0 Å². The van der Waals surface area contributed by atoms with Gasteiger partial charge in [0.1, 0.15) is 29.1 Å². The largest absolute Gasteiger partial charge is 0.363 e. The number of hydrogen-bond donors (Lipinski definition) is 1. The molecule has 0 amide bonds. The van der Waals surface area contributed by atoms with Crippen molar-refractivity contribution in [2.24, 2.45) is 0 Å². The zero-order valence-electron chi connectivity index (χ0n) is 14.5. The van der Waals surface area contributed by atoms with Gasteiger partial charge in [-0.2, -0.15) is 15.8 Å². The molecule has 27 heavy (non-hydrogen) atoms. The molecule has 134 valence electrons. The summed E-state index contributed by atoms with van der Waals surface area (Å²) in [6.07, 6.45) is -0.0765. The fraction of sp³-hybridized carbons (Fsp3) is 0.263. The molecule has 8 heteroatoms. The highest BCUT2D eigenvalue weighted by molar-refractivity contribution is 5.65. The van der Waals surface area contributed by atoms with Crippen molar-refractivity contribution < 1.29 is 9.37 Å². The summed E-state index contributed by atoms with van der Waals surface area (Å²) in [5.74, 6) is 0.356. The molecule has 0 saturated carbocycles.